The van der Waals surface area contributed by atoms with Crippen LogP contribution in [0.3, 0.4) is 0 Å². The summed E-state index contributed by atoms with van der Waals surface area (Å²) in [5.41, 5.74) is 1.08. The molecule has 1 N–H and O–H groups in total. The quantitative estimate of drug-likeness (QED) is 0.534. The number of nitrogens with one attached hydrogen (secondary N) is 1. The van der Waals surface area contributed by atoms with E-state index in [0.717, 1.165) is 36.1 Å². The number of nitrogens with zero attached hydrogens (tertiary/aromatic N) is 3. The van der Waals surface area contributed by atoms with Crippen molar-refractivity contribution in [1.29, 1.82) is 0 Å². The molecule has 8 nitrogen and oxygen atoms in total. The highest BCUT2D eigenvalue weighted by Gasteiger charge is 2.25. The van der Waals surface area contributed by atoms with Gasteiger partial charge in [-0.15, -0.1) is 16.9 Å². The Labute approximate surface area is 191 Å². The first-order valence-corrected chi connectivity index (χ1v) is 13.0. The summed E-state index contributed by atoms with van der Waals surface area (Å²) in [4.78, 5) is 13.8. The summed E-state index contributed by atoms with van der Waals surface area (Å²) in [6.45, 7) is 1.06. The number of aromatic nitrogens is 2. The molecule has 10 heteroatoms. The average Bonchev–Trinajstić information content (AvgIpc) is 3.09. The van der Waals surface area contributed by atoms with Gasteiger partial charge in [-0.2, -0.15) is 4.31 Å². The lowest BCUT2D eigenvalue weighted by Gasteiger charge is -2.19. The van der Waals surface area contributed by atoms with E-state index in [0.29, 0.717) is 24.5 Å². The van der Waals surface area contributed by atoms with E-state index in [2.05, 4.69) is 15.5 Å². The molecule has 1 saturated heterocycles. The predicted octanol–water partition coefficient (Wildman–Crippen LogP) is 4.28. The summed E-state index contributed by atoms with van der Waals surface area (Å²) in [6.07, 6.45) is 5.78. The van der Waals surface area contributed by atoms with Crippen LogP contribution in [-0.4, -0.2) is 48.2 Å². The Morgan fingerprint density at radius 3 is 2.38 bits per heavy atom. The zero-order valence-electron chi connectivity index (χ0n) is 17.7. The molecule has 0 aliphatic carbocycles. The summed E-state index contributed by atoms with van der Waals surface area (Å²) in [7, 11) is -3.56. The third kappa shape index (κ3) is 4.87. The molecule has 4 rings (SSSR count). The molecule has 2 aromatic carbocycles. The zero-order chi connectivity index (χ0) is 22.6. The van der Waals surface area contributed by atoms with Crippen molar-refractivity contribution in [3.63, 3.8) is 0 Å². The number of carbonyl (C=O) groups is 1. The molecule has 2 heterocycles. The number of anilines is 1. The maximum Gasteiger partial charge on any atom is 0.322 e. The minimum atomic E-state index is -3.56. The fourth-order valence-corrected chi connectivity index (χ4v) is 5.69. The third-order valence-electron chi connectivity index (χ3n) is 5.30. The second-order valence-electron chi connectivity index (χ2n) is 7.41. The van der Waals surface area contributed by atoms with Gasteiger partial charge >= 0.3 is 6.01 Å². The van der Waals surface area contributed by atoms with E-state index in [9.17, 15) is 13.2 Å². The van der Waals surface area contributed by atoms with Crippen molar-refractivity contribution in [3.8, 4) is 11.5 Å². The maximum atomic E-state index is 12.9. The lowest BCUT2D eigenvalue weighted by molar-refractivity contribution is 0.102. The minimum Gasteiger partial charge on any atom is -0.403 e. The van der Waals surface area contributed by atoms with Crippen LogP contribution in [0.4, 0.5) is 6.01 Å². The highest BCUT2D eigenvalue weighted by Crippen LogP contribution is 2.30. The van der Waals surface area contributed by atoms with E-state index < -0.39 is 15.9 Å². The van der Waals surface area contributed by atoms with Gasteiger partial charge in [0, 0.05) is 23.5 Å². The van der Waals surface area contributed by atoms with Crippen LogP contribution in [0.5, 0.6) is 0 Å². The highest BCUT2D eigenvalue weighted by molar-refractivity contribution is 7.98. The van der Waals surface area contributed by atoms with Gasteiger partial charge in [-0.1, -0.05) is 30.1 Å². The SMILES string of the molecule is CSc1ccccc1-c1nnc(NC(=O)c2ccc(S(=O)(=O)N3CCCCCC3)cc2)o1. The van der Waals surface area contributed by atoms with Gasteiger partial charge in [0.25, 0.3) is 11.8 Å². The summed E-state index contributed by atoms with van der Waals surface area (Å²) >= 11 is 1.56. The molecule has 1 aliphatic heterocycles. The molecule has 3 aromatic rings. The van der Waals surface area contributed by atoms with Crippen molar-refractivity contribution in [1.82, 2.24) is 14.5 Å². The van der Waals surface area contributed by atoms with Crippen molar-refractivity contribution in [2.75, 3.05) is 24.7 Å². The topological polar surface area (TPSA) is 105 Å². The van der Waals surface area contributed by atoms with Gasteiger partial charge in [0.2, 0.25) is 10.0 Å². The van der Waals surface area contributed by atoms with Gasteiger partial charge in [0.05, 0.1) is 10.5 Å². The lowest BCUT2D eigenvalue weighted by atomic mass is 10.2. The van der Waals surface area contributed by atoms with E-state index in [1.54, 1.807) is 11.8 Å². The smallest absolute Gasteiger partial charge is 0.322 e. The van der Waals surface area contributed by atoms with Gasteiger partial charge in [0.15, 0.2) is 0 Å². The van der Waals surface area contributed by atoms with Crippen LogP contribution in [0, 0.1) is 0 Å². The van der Waals surface area contributed by atoms with E-state index in [-0.39, 0.29) is 10.9 Å². The number of rotatable bonds is 6. The molecule has 0 unspecified atom stereocenters. The Kier molecular flexibility index (Phi) is 6.92. The first-order valence-electron chi connectivity index (χ1n) is 10.4. The number of sulfonamides is 1. The van der Waals surface area contributed by atoms with E-state index in [1.165, 1.54) is 28.6 Å². The van der Waals surface area contributed by atoms with Crippen molar-refractivity contribution in [3.05, 3.63) is 54.1 Å². The average molecular weight is 473 g/mol. The first-order chi connectivity index (χ1) is 15.5. The van der Waals surface area contributed by atoms with E-state index in [1.807, 2.05) is 30.5 Å². The lowest BCUT2D eigenvalue weighted by Crippen LogP contribution is -2.31. The van der Waals surface area contributed by atoms with Crippen molar-refractivity contribution < 1.29 is 17.6 Å². The first kappa shape index (κ1) is 22.5. The third-order valence-corrected chi connectivity index (χ3v) is 8.01. The van der Waals surface area contributed by atoms with Crippen LogP contribution < -0.4 is 5.32 Å². The molecule has 0 atom stereocenters. The van der Waals surface area contributed by atoms with Gasteiger partial charge in [-0.3, -0.25) is 10.1 Å². The molecule has 0 saturated carbocycles. The number of hydrogen-bond donors (Lipinski definition) is 1. The molecular weight excluding hydrogens is 448 g/mol. The Balaban J connectivity index is 1.46. The number of amides is 1. The molecule has 168 valence electrons. The second-order valence-corrected chi connectivity index (χ2v) is 10.2. The fraction of sp³-hybridized carbons (Fsp3) is 0.318. The van der Waals surface area contributed by atoms with Gasteiger partial charge in [0.1, 0.15) is 0 Å². The Bertz CT molecular complexity index is 1180. The summed E-state index contributed by atoms with van der Waals surface area (Å²) in [6, 6.07) is 13.5. The summed E-state index contributed by atoms with van der Waals surface area (Å²) in [5, 5.41) is 10.5. The zero-order valence-corrected chi connectivity index (χ0v) is 19.3. The van der Waals surface area contributed by atoms with Crippen molar-refractivity contribution >= 4 is 33.7 Å². The normalized spacial score (nSPS) is 15.3. The van der Waals surface area contributed by atoms with Gasteiger partial charge in [-0.05, 0) is 55.5 Å². The molecule has 0 bridgehead atoms. The molecule has 1 amide bonds. The van der Waals surface area contributed by atoms with Crippen LogP contribution in [0.2, 0.25) is 0 Å². The number of carbonyl (C=O) groups excluding carboxylic acids is 1. The molecule has 1 aliphatic rings. The summed E-state index contributed by atoms with van der Waals surface area (Å²) in [5.74, 6) is -0.152. The molecule has 32 heavy (non-hydrogen) atoms. The van der Waals surface area contributed by atoms with Crippen LogP contribution in [-0.2, 0) is 10.0 Å². The van der Waals surface area contributed by atoms with Crippen LogP contribution in [0.25, 0.3) is 11.5 Å². The van der Waals surface area contributed by atoms with E-state index >= 15 is 0 Å². The number of hydrogen-bond acceptors (Lipinski definition) is 7. The monoisotopic (exact) mass is 472 g/mol. The number of thioether (sulfide) groups is 1. The Hall–Kier alpha value is -2.69. The molecule has 0 radical (unpaired) electrons. The van der Waals surface area contributed by atoms with Crippen LogP contribution in [0.15, 0.2) is 62.7 Å². The standard InChI is InChI=1S/C22H24N4O4S2/c1-31-19-9-5-4-8-18(19)21-24-25-22(30-21)23-20(27)16-10-12-17(13-11-16)32(28,29)26-14-6-2-3-7-15-26/h4-5,8-13H,2-3,6-7,14-15H2,1H3,(H,23,25,27). The van der Waals surface area contributed by atoms with Crippen molar-refractivity contribution in [2.24, 2.45) is 0 Å². The summed E-state index contributed by atoms with van der Waals surface area (Å²) < 4.78 is 32.9. The molecule has 0 spiro atoms. The van der Waals surface area contributed by atoms with Crippen LogP contribution in [0.1, 0.15) is 36.0 Å². The van der Waals surface area contributed by atoms with E-state index in [4.69, 9.17) is 4.42 Å². The van der Waals surface area contributed by atoms with Crippen molar-refractivity contribution in [2.45, 2.75) is 35.5 Å². The van der Waals surface area contributed by atoms with Gasteiger partial charge < -0.3 is 4.42 Å². The van der Waals surface area contributed by atoms with Crippen LogP contribution >= 0.6 is 11.8 Å². The number of benzene rings is 2. The fourth-order valence-electron chi connectivity index (χ4n) is 3.58. The largest absolute Gasteiger partial charge is 0.403 e. The maximum absolute atomic E-state index is 12.9. The van der Waals surface area contributed by atoms with Gasteiger partial charge in [-0.25, -0.2) is 8.42 Å². The molecule has 1 fully saturated rings. The predicted molar refractivity (Wildman–Crippen MR) is 123 cm³/mol. The second kappa shape index (κ2) is 9.85. The molecule has 1 aromatic heterocycles. The highest BCUT2D eigenvalue weighted by atomic mass is 32.2. The minimum absolute atomic E-state index is 0.0258. The Morgan fingerprint density at radius 1 is 1.00 bits per heavy atom. The Morgan fingerprint density at radius 2 is 1.69 bits per heavy atom. The molecular formula is C22H24N4O4S2.